The van der Waals surface area contributed by atoms with Gasteiger partial charge in [-0.1, -0.05) is 17.7 Å². The Bertz CT molecular complexity index is 479. The van der Waals surface area contributed by atoms with Gasteiger partial charge in [0.25, 0.3) is 0 Å². The maximum absolute atomic E-state index is 13.1. The number of halogens is 5. The van der Waals surface area contributed by atoms with Gasteiger partial charge in [-0.2, -0.15) is 13.2 Å². The quantitative estimate of drug-likeness (QED) is 0.801. The predicted molar refractivity (Wildman–Crippen MR) is 70.0 cm³/mol. The van der Waals surface area contributed by atoms with E-state index in [9.17, 15) is 17.6 Å². The summed E-state index contributed by atoms with van der Waals surface area (Å²) < 4.78 is 50.9. The van der Waals surface area contributed by atoms with E-state index in [1.807, 2.05) is 0 Å². The molecule has 0 atom stereocenters. The molecule has 1 aromatic rings. The lowest BCUT2D eigenvalue weighted by molar-refractivity contribution is -0.184. The summed E-state index contributed by atoms with van der Waals surface area (Å²) in [5, 5.41) is 0.00933. The standard InChI is InChI=1S/C14H16ClF4N/c15-11-7-9(1-2-12(11)16)8-13(20)5-3-10(4-6-13)14(17,18)19/h1-2,7,10H,3-6,8,20H2. The predicted octanol–water partition coefficient (Wildman–Crippen LogP) is 4.47. The molecule has 20 heavy (non-hydrogen) atoms. The van der Waals surface area contributed by atoms with Crippen LogP contribution in [-0.2, 0) is 6.42 Å². The molecule has 0 unspecified atom stereocenters. The van der Waals surface area contributed by atoms with Crippen molar-refractivity contribution in [2.45, 2.75) is 43.8 Å². The number of nitrogens with two attached hydrogens (primary N) is 1. The van der Waals surface area contributed by atoms with Gasteiger partial charge in [-0.25, -0.2) is 4.39 Å². The van der Waals surface area contributed by atoms with Crippen LogP contribution in [0.5, 0.6) is 0 Å². The molecule has 0 aliphatic heterocycles. The molecule has 0 aromatic heterocycles. The maximum Gasteiger partial charge on any atom is 0.391 e. The number of hydrogen-bond acceptors (Lipinski definition) is 1. The van der Waals surface area contributed by atoms with Crippen LogP contribution in [0, 0.1) is 11.7 Å². The van der Waals surface area contributed by atoms with Crippen molar-refractivity contribution in [3.05, 3.63) is 34.6 Å². The summed E-state index contributed by atoms with van der Waals surface area (Å²) in [5.41, 5.74) is 6.27. The first kappa shape index (κ1) is 15.6. The van der Waals surface area contributed by atoms with Crippen molar-refractivity contribution in [2.75, 3.05) is 0 Å². The van der Waals surface area contributed by atoms with Gasteiger partial charge in [-0.05, 0) is 49.8 Å². The summed E-state index contributed by atoms with van der Waals surface area (Å²) in [6, 6.07) is 4.31. The van der Waals surface area contributed by atoms with Gasteiger partial charge in [-0.3, -0.25) is 0 Å². The number of rotatable bonds is 2. The Morgan fingerprint density at radius 3 is 2.35 bits per heavy atom. The van der Waals surface area contributed by atoms with Crippen molar-refractivity contribution in [3.63, 3.8) is 0 Å². The Labute approximate surface area is 120 Å². The molecule has 1 aliphatic rings. The van der Waals surface area contributed by atoms with Crippen molar-refractivity contribution in [2.24, 2.45) is 11.7 Å². The molecule has 2 N–H and O–H groups in total. The van der Waals surface area contributed by atoms with Crippen molar-refractivity contribution in [3.8, 4) is 0 Å². The zero-order valence-electron chi connectivity index (χ0n) is 10.8. The highest BCUT2D eigenvalue weighted by Gasteiger charge is 2.44. The molecule has 0 spiro atoms. The zero-order valence-corrected chi connectivity index (χ0v) is 11.6. The topological polar surface area (TPSA) is 26.0 Å². The van der Waals surface area contributed by atoms with Crippen LogP contribution in [-0.4, -0.2) is 11.7 Å². The van der Waals surface area contributed by atoms with Gasteiger partial charge in [0, 0.05) is 5.54 Å². The molecule has 112 valence electrons. The average molecular weight is 310 g/mol. The molecule has 0 saturated heterocycles. The van der Waals surface area contributed by atoms with E-state index in [0.717, 1.165) is 5.56 Å². The number of benzene rings is 1. The van der Waals surface area contributed by atoms with Crippen molar-refractivity contribution in [1.29, 1.82) is 0 Å². The molecule has 2 rings (SSSR count). The van der Waals surface area contributed by atoms with Crippen LogP contribution in [0.3, 0.4) is 0 Å². The van der Waals surface area contributed by atoms with E-state index in [-0.39, 0.29) is 17.9 Å². The smallest absolute Gasteiger partial charge is 0.325 e. The summed E-state index contributed by atoms with van der Waals surface area (Å²) in [6.07, 6.45) is -3.00. The Morgan fingerprint density at radius 2 is 1.85 bits per heavy atom. The molecule has 1 aliphatic carbocycles. The van der Waals surface area contributed by atoms with Crippen LogP contribution in [0.15, 0.2) is 18.2 Å². The SMILES string of the molecule is NC1(Cc2ccc(F)c(Cl)c2)CCC(C(F)(F)F)CC1. The minimum Gasteiger partial charge on any atom is -0.325 e. The molecule has 0 radical (unpaired) electrons. The highest BCUT2D eigenvalue weighted by atomic mass is 35.5. The van der Waals surface area contributed by atoms with Crippen LogP contribution < -0.4 is 5.73 Å². The summed E-state index contributed by atoms with van der Waals surface area (Å²) >= 11 is 5.70. The fourth-order valence-corrected chi connectivity index (χ4v) is 2.96. The lowest BCUT2D eigenvalue weighted by Gasteiger charge is -2.38. The summed E-state index contributed by atoms with van der Waals surface area (Å²) in [6.45, 7) is 0. The van der Waals surface area contributed by atoms with Gasteiger partial charge >= 0.3 is 6.18 Å². The van der Waals surface area contributed by atoms with Gasteiger partial charge in [0.15, 0.2) is 0 Å². The van der Waals surface area contributed by atoms with Gasteiger partial charge < -0.3 is 5.73 Å². The fourth-order valence-electron chi connectivity index (χ4n) is 2.75. The molecule has 0 amide bonds. The Balaban J connectivity index is 2.01. The summed E-state index contributed by atoms with van der Waals surface area (Å²) in [4.78, 5) is 0. The monoisotopic (exact) mass is 309 g/mol. The first-order valence-electron chi connectivity index (χ1n) is 6.49. The van der Waals surface area contributed by atoms with Gasteiger partial charge in [0.05, 0.1) is 10.9 Å². The van der Waals surface area contributed by atoms with Crippen molar-refractivity contribution >= 4 is 11.6 Å². The van der Waals surface area contributed by atoms with Crippen molar-refractivity contribution in [1.82, 2.24) is 0 Å². The van der Waals surface area contributed by atoms with Crippen LogP contribution in [0.4, 0.5) is 17.6 Å². The van der Waals surface area contributed by atoms with Crippen LogP contribution in [0.1, 0.15) is 31.2 Å². The van der Waals surface area contributed by atoms with Gasteiger partial charge in [0.2, 0.25) is 0 Å². The molecule has 1 saturated carbocycles. The second-order valence-corrected chi connectivity index (χ2v) is 6.01. The molecule has 1 fully saturated rings. The fraction of sp³-hybridized carbons (Fsp3) is 0.571. The van der Waals surface area contributed by atoms with E-state index in [0.29, 0.717) is 19.3 Å². The molecular weight excluding hydrogens is 294 g/mol. The third-order valence-corrected chi connectivity index (χ3v) is 4.27. The van der Waals surface area contributed by atoms with Crippen LogP contribution >= 0.6 is 11.6 Å². The van der Waals surface area contributed by atoms with Crippen molar-refractivity contribution < 1.29 is 17.6 Å². The normalized spacial score (nSPS) is 27.6. The first-order chi connectivity index (χ1) is 9.20. The van der Waals surface area contributed by atoms with Gasteiger partial charge in [-0.15, -0.1) is 0 Å². The van der Waals surface area contributed by atoms with E-state index in [1.54, 1.807) is 6.07 Å². The largest absolute Gasteiger partial charge is 0.391 e. The van der Waals surface area contributed by atoms with E-state index in [2.05, 4.69) is 0 Å². The third kappa shape index (κ3) is 3.64. The highest BCUT2D eigenvalue weighted by Crippen LogP contribution is 2.41. The molecule has 0 bridgehead atoms. The number of hydrogen-bond donors (Lipinski definition) is 1. The Hall–Kier alpha value is -0.810. The maximum atomic E-state index is 13.1. The zero-order chi connectivity index (χ0) is 15.0. The highest BCUT2D eigenvalue weighted by molar-refractivity contribution is 6.30. The van der Waals surface area contributed by atoms with E-state index < -0.39 is 23.5 Å². The number of alkyl halides is 3. The minimum absolute atomic E-state index is 0.00933. The molecule has 6 heteroatoms. The van der Waals surface area contributed by atoms with Crippen LogP contribution in [0.25, 0.3) is 0 Å². The summed E-state index contributed by atoms with van der Waals surface area (Å²) in [7, 11) is 0. The van der Waals surface area contributed by atoms with Crippen LogP contribution in [0.2, 0.25) is 5.02 Å². The molecule has 1 nitrogen and oxygen atoms in total. The second-order valence-electron chi connectivity index (χ2n) is 5.60. The third-order valence-electron chi connectivity index (χ3n) is 3.98. The average Bonchev–Trinajstić information content (AvgIpc) is 2.33. The lowest BCUT2D eigenvalue weighted by atomic mass is 9.74. The van der Waals surface area contributed by atoms with Gasteiger partial charge in [0.1, 0.15) is 5.82 Å². The summed E-state index contributed by atoms with van der Waals surface area (Å²) in [5.74, 6) is -1.77. The molecular formula is C14H16ClF4N. The molecule has 1 aromatic carbocycles. The van der Waals surface area contributed by atoms with E-state index in [4.69, 9.17) is 17.3 Å². The first-order valence-corrected chi connectivity index (χ1v) is 6.87. The molecule has 0 heterocycles. The van der Waals surface area contributed by atoms with E-state index in [1.165, 1.54) is 12.1 Å². The Morgan fingerprint density at radius 1 is 1.25 bits per heavy atom. The van der Waals surface area contributed by atoms with E-state index >= 15 is 0 Å². The minimum atomic E-state index is -4.14. The lowest BCUT2D eigenvalue weighted by Crippen LogP contribution is -2.47. The second kappa shape index (κ2) is 5.53. The Kier molecular flexibility index (Phi) is 4.30.